The second-order valence-electron chi connectivity index (χ2n) is 3.51. The van der Waals surface area contributed by atoms with Crippen molar-refractivity contribution in [3.63, 3.8) is 0 Å². The first kappa shape index (κ1) is 10.7. The van der Waals surface area contributed by atoms with Gasteiger partial charge in [0.1, 0.15) is 0 Å². The second kappa shape index (κ2) is 4.37. The topological polar surface area (TPSA) is 55.1 Å². The average Bonchev–Trinajstić information content (AvgIpc) is 2.76. The standard InChI is InChI=1S/C12H12N2OS/c1-8-4-5-9(13)7-10(8)14-12(15)11-3-2-6-16-11/h2-7H,13H2,1H3,(H,14,15). The lowest BCUT2D eigenvalue weighted by molar-refractivity contribution is 0.103. The minimum atomic E-state index is -0.0938. The van der Waals surface area contributed by atoms with Gasteiger partial charge in [-0.05, 0) is 36.1 Å². The van der Waals surface area contributed by atoms with Gasteiger partial charge in [0.25, 0.3) is 5.91 Å². The second-order valence-corrected chi connectivity index (χ2v) is 4.45. The van der Waals surface area contributed by atoms with Gasteiger partial charge < -0.3 is 11.1 Å². The first-order valence-corrected chi connectivity index (χ1v) is 5.76. The number of amides is 1. The molecule has 82 valence electrons. The van der Waals surface area contributed by atoms with Crippen molar-refractivity contribution in [2.75, 3.05) is 11.1 Å². The zero-order valence-corrected chi connectivity index (χ0v) is 9.67. The van der Waals surface area contributed by atoms with Crippen molar-refractivity contribution in [2.45, 2.75) is 6.92 Å². The molecule has 1 amide bonds. The first-order chi connectivity index (χ1) is 7.66. The lowest BCUT2D eigenvalue weighted by atomic mass is 10.2. The molecule has 0 saturated carbocycles. The van der Waals surface area contributed by atoms with Crippen LogP contribution in [0.25, 0.3) is 0 Å². The summed E-state index contributed by atoms with van der Waals surface area (Å²) in [6.45, 7) is 1.93. The fourth-order valence-corrected chi connectivity index (χ4v) is 1.98. The van der Waals surface area contributed by atoms with Crippen molar-refractivity contribution < 1.29 is 4.79 Å². The number of nitrogens with one attached hydrogen (secondary N) is 1. The van der Waals surface area contributed by atoms with E-state index in [1.54, 1.807) is 12.1 Å². The van der Waals surface area contributed by atoms with Gasteiger partial charge in [0.05, 0.1) is 4.88 Å². The molecule has 0 saturated heterocycles. The number of hydrogen-bond donors (Lipinski definition) is 2. The van der Waals surface area contributed by atoms with E-state index in [0.717, 1.165) is 11.3 Å². The maximum Gasteiger partial charge on any atom is 0.265 e. The molecule has 0 bridgehead atoms. The van der Waals surface area contributed by atoms with E-state index >= 15 is 0 Å². The van der Waals surface area contributed by atoms with Gasteiger partial charge in [0.2, 0.25) is 0 Å². The number of carbonyl (C=O) groups is 1. The molecule has 1 aromatic heterocycles. The van der Waals surface area contributed by atoms with Crippen molar-refractivity contribution in [3.05, 3.63) is 46.2 Å². The van der Waals surface area contributed by atoms with E-state index in [2.05, 4.69) is 5.32 Å². The molecule has 0 atom stereocenters. The van der Waals surface area contributed by atoms with Crippen molar-refractivity contribution in [3.8, 4) is 0 Å². The quantitative estimate of drug-likeness (QED) is 0.782. The molecule has 0 spiro atoms. The highest BCUT2D eigenvalue weighted by Gasteiger charge is 2.08. The molecule has 0 radical (unpaired) electrons. The summed E-state index contributed by atoms with van der Waals surface area (Å²) in [6.07, 6.45) is 0. The lowest BCUT2D eigenvalue weighted by Gasteiger charge is -2.07. The fraction of sp³-hybridized carbons (Fsp3) is 0.0833. The Hall–Kier alpha value is -1.81. The molecular weight excluding hydrogens is 220 g/mol. The van der Waals surface area contributed by atoms with Crippen molar-refractivity contribution in [2.24, 2.45) is 0 Å². The summed E-state index contributed by atoms with van der Waals surface area (Å²) in [5.74, 6) is -0.0938. The van der Waals surface area contributed by atoms with Gasteiger partial charge in [-0.15, -0.1) is 11.3 Å². The average molecular weight is 232 g/mol. The highest BCUT2D eigenvalue weighted by Crippen LogP contribution is 2.19. The Morgan fingerprint density at radius 1 is 1.38 bits per heavy atom. The largest absolute Gasteiger partial charge is 0.399 e. The lowest BCUT2D eigenvalue weighted by Crippen LogP contribution is -2.11. The highest BCUT2D eigenvalue weighted by atomic mass is 32.1. The van der Waals surface area contributed by atoms with Gasteiger partial charge in [-0.3, -0.25) is 4.79 Å². The maximum absolute atomic E-state index is 11.8. The Bertz CT molecular complexity index is 506. The Balaban J connectivity index is 2.21. The number of aryl methyl sites for hydroxylation is 1. The molecule has 1 heterocycles. The van der Waals surface area contributed by atoms with E-state index in [1.165, 1.54) is 11.3 Å². The predicted molar refractivity (Wildman–Crippen MR) is 67.9 cm³/mol. The van der Waals surface area contributed by atoms with Crippen LogP contribution in [0.15, 0.2) is 35.7 Å². The van der Waals surface area contributed by atoms with Crippen LogP contribution in [0.4, 0.5) is 11.4 Å². The van der Waals surface area contributed by atoms with Crippen molar-refractivity contribution in [1.29, 1.82) is 0 Å². The molecule has 16 heavy (non-hydrogen) atoms. The van der Waals surface area contributed by atoms with Crippen LogP contribution in [-0.4, -0.2) is 5.91 Å². The van der Waals surface area contributed by atoms with Gasteiger partial charge >= 0.3 is 0 Å². The van der Waals surface area contributed by atoms with Gasteiger partial charge in [-0.1, -0.05) is 12.1 Å². The summed E-state index contributed by atoms with van der Waals surface area (Å²) in [4.78, 5) is 12.5. The molecule has 0 aliphatic rings. The highest BCUT2D eigenvalue weighted by molar-refractivity contribution is 7.12. The molecule has 0 fully saturated rings. The van der Waals surface area contributed by atoms with Gasteiger partial charge in [0.15, 0.2) is 0 Å². The van der Waals surface area contributed by atoms with E-state index < -0.39 is 0 Å². The van der Waals surface area contributed by atoms with E-state index in [1.807, 2.05) is 30.5 Å². The van der Waals surface area contributed by atoms with Crippen LogP contribution in [0.5, 0.6) is 0 Å². The molecule has 3 N–H and O–H groups in total. The van der Waals surface area contributed by atoms with Crippen LogP contribution in [-0.2, 0) is 0 Å². The Labute approximate surface area is 97.9 Å². The number of nitrogens with two attached hydrogens (primary N) is 1. The SMILES string of the molecule is Cc1ccc(N)cc1NC(=O)c1cccs1. The summed E-state index contributed by atoms with van der Waals surface area (Å²) >= 11 is 1.42. The zero-order valence-electron chi connectivity index (χ0n) is 8.86. The summed E-state index contributed by atoms with van der Waals surface area (Å²) in [6, 6.07) is 9.11. The molecule has 2 rings (SSSR count). The first-order valence-electron chi connectivity index (χ1n) is 4.88. The summed E-state index contributed by atoms with van der Waals surface area (Å²) < 4.78 is 0. The van der Waals surface area contributed by atoms with Crippen molar-refractivity contribution >= 4 is 28.6 Å². The van der Waals surface area contributed by atoms with Crippen molar-refractivity contribution in [1.82, 2.24) is 0 Å². The summed E-state index contributed by atoms with van der Waals surface area (Å²) in [5, 5.41) is 4.72. The zero-order chi connectivity index (χ0) is 11.5. The third-order valence-corrected chi connectivity index (χ3v) is 3.12. The van der Waals surface area contributed by atoms with Crippen LogP contribution in [0, 0.1) is 6.92 Å². The minimum absolute atomic E-state index is 0.0938. The minimum Gasteiger partial charge on any atom is -0.399 e. The van der Waals surface area contributed by atoms with E-state index in [9.17, 15) is 4.79 Å². The van der Waals surface area contributed by atoms with E-state index in [0.29, 0.717) is 10.6 Å². The Morgan fingerprint density at radius 3 is 2.88 bits per heavy atom. The summed E-state index contributed by atoms with van der Waals surface area (Å²) in [5.41, 5.74) is 8.08. The van der Waals surface area contributed by atoms with Crippen LogP contribution < -0.4 is 11.1 Å². The Morgan fingerprint density at radius 2 is 2.19 bits per heavy atom. The van der Waals surface area contributed by atoms with Crippen LogP contribution in [0.2, 0.25) is 0 Å². The molecule has 2 aromatic rings. The third kappa shape index (κ3) is 2.23. The molecule has 4 heteroatoms. The molecule has 0 aliphatic heterocycles. The number of rotatable bonds is 2. The van der Waals surface area contributed by atoms with Crippen LogP contribution in [0.1, 0.15) is 15.2 Å². The normalized spacial score (nSPS) is 10.1. The van der Waals surface area contributed by atoms with Crippen LogP contribution >= 0.6 is 11.3 Å². The fourth-order valence-electron chi connectivity index (χ4n) is 1.37. The van der Waals surface area contributed by atoms with Gasteiger partial charge in [0, 0.05) is 11.4 Å². The molecular formula is C12H12N2OS. The van der Waals surface area contributed by atoms with Gasteiger partial charge in [-0.2, -0.15) is 0 Å². The number of nitrogen functional groups attached to an aromatic ring is 1. The molecule has 0 aliphatic carbocycles. The monoisotopic (exact) mass is 232 g/mol. The van der Waals surface area contributed by atoms with Gasteiger partial charge in [-0.25, -0.2) is 0 Å². The number of carbonyl (C=O) groups excluding carboxylic acids is 1. The number of anilines is 2. The Kier molecular flexibility index (Phi) is 2.92. The third-order valence-electron chi connectivity index (χ3n) is 2.25. The summed E-state index contributed by atoms with van der Waals surface area (Å²) in [7, 11) is 0. The smallest absolute Gasteiger partial charge is 0.265 e. The molecule has 3 nitrogen and oxygen atoms in total. The van der Waals surface area contributed by atoms with Crippen LogP contribution in [0.3, 0.4) is 0 Å². The molecule has 0 unspecified atom stereocenters. The number of hydrogen-bond acceptors (Lipinski definition) is 3. The number of benzene rings is 1. The van der Waals surface area contributed by atoms with E-state index in [-0.39, 0.29) is 5.91 Å². The van der Waals surface area contributed by atoms with E-state index in [4.69, 9.17) is 5.73 Å². The maximum atomic E-state index is 11.8. The predicted octanol–water partition coefficient (Wildman–Crippen LogP) is 2.89. The molecule has 1 aromatic carbocycles. The number of thiophene rings is 1.